The van der Waals surface area contributed by atoms with E-state index in [0.717, 1.165) is 6.54 Å². The highest BCUT2D eigenvalue weighted by Gasteiger charge is 2.09. The van der Waals surface area contributed by atoms with Crippen molar-refractivity contribution in [2.24, 2.45) is 0 Å². The van der Waals surface area contributed by atoms with Crippen molar-refractivity contribution in [3.05, 3.63) is 53.6 Å². The molecule has 0 bridgehead atoms. The van der Waals surface area contributed by atoms with Gasteiger partial charge in [-0.25, -0.2) is 4.98 Å². The van der Waals surface area contributed by atoms with E-state index in [1.54, 1.807) is 11.1 Å². The van der Waals surface area contributed by atoms with Gasteiger partial charge in [-0.15, -0.1) is 0 Å². The highest BCUT2D eigenvalue weighted by atomic mass is 15.0. The zero-order chi connectivity index (χ0) is 10.8. The van der Waals surface area contributed by atoms with Gasteiger partial charge < -0.3 is 4.57 Å². The largest absolute Gasteiger partial charge is 0.333 e. The fourth-order valence-corrected chi connectivity index (χ4v) is 2.48. The second-order valence-electron chi connectivity index (χ2n) is 4.55. The molecule has 2 heteroatoms. The Morgan fingerprint density at radius 3 is 2.81 bits per heavy atom. The number of benzene rings is 1. The Hall–Kier alpha value is -1.57. The van der Waals surface area contributed by atoms with Gasteiger partial charge in [0.2, 0.25) is 0 Å². The van der Waals surface area contributed by atoms with Crippen molar-refractivity contribution in [3.63, 3.8) is 0 Å². The number of aromatic nitrogens is 2. The molecule has 0 N–H and O–H groups in total. The van der Waals surface area contributed by atoms with E-state index in [1.165, 1.54) is 31.2 Å². The molecule has 0 unspecified atom stereocenters. The summed E-state index contributed by atoms with van der Waals surface area (Å²) < 4.78 is 2.12. The molecule has 1 aromatic carbocycles. The molecular weight excluding hydrogens is 196 g/mol. The highest BCUT2D eigenvalue weighted by molar-refractivity contribution is 5.33. The maximum Gasteiger partial charge on any atom is 0.0949 e. The third-order valence-corrected chi connectivity index (χ3v) is 3.34. The molecule has 0 atom stereocenters. The fraction of sp³-hybridized carbons (Fsp3) is 0.357. The van der Waals surface area contributed by atoms with E-state index in [9.17, 15) is 0 Å². The molecule has 0 spiro atoms. The van der Waals surface area contributed by atoms with Crippen molar-refractivity contribution in [2.75, 3.05) is 0 Å². The lowest BCUT2D eigenvalue weighted by Gasteiger charge is -2.16. The number of hydrogen-bond donors (Lipinski definition) is 0. The number of rotatable bonds is 2. The lowest BCUT2D eigenvalue weighted by molar-refractivity contribution is 0.682. The quantitative estimate of drug-likeness (QED) is 0.748. The first-order valence-corrected chi connectivity index (χ1v) is 5.98. The van der Waals surface area contributed by atoms with Crippen LogP contribution in [-0.2, 0) is 19.4 Å². The van der Waals surface area contributed by atoms with Crippen LogP contribution in [0, 0.1) is 0 Å². The summed E-state index contributed by atoms with van der Waals surface area (Å²) in [4.78, 5) is 4.07. The van der Waals surface area contributed by atoms with Crippen LogP contribution in [0.15, 0.2) is 36.9 Å². The molecule has 1 aliphatic rings. The van der Waals surface area contributed by atoms with Crippen LogP contribution in [0.25, 0.3) is 0 Å². The van der Waals surface area contributed by atoms with Crippen molar-refractivity contribution in [1.82, 2.24) is 9.55 Å². The number of nitrogens with zero attached hydrogens (tertiary/aromatic N) is 2. The van der Waals surface area contributed by atoms with Crippen LogP contribution in [-0.4, -0.2) is 9.55 Å². The maximum absolute atomic E-state index is 4.07. The summed E-state index contributed by atoms with van der Waals surface area (Å²) in [5, 5.41) is 0. The Balaban J connectivity index is 1.86. The highest BCUT2D eigenvalue weighted by Crippen LogP contribution is 2.22. The van der Waals surface area contributed by atoms with Gasteiger partial charge in [-0.05, 0) is 42.4 Å². The molecule has 82 valence electrons. The molecule has 0 saturated heterocycles. The van der Waals surface area contributed by atoms with Crippen molar-refractivity contribution >= 4 is 0 Å². The Labute approximate surface area is 95.9 Å². The van der Waals surface area contributed by atoms with Gasteiger partial charge in [0.25, 0.3) is 0 Å². The van der Waals surface area contributed by atoms with Gasteiger partial charge in [-0.3, -0.25) is 0 Å². The van der Waals surface area contributed by atoms with E-state index in [0.29, 0.717) is 0 Å². The lowest BCUT2D eigenvalue weighted by atomic mass is 9.90. The summed E-state index contributed by atoms with van der Waals surface area (Å²) in [6.07, 6.45) is 10.9. The van der Waals surface area contributed by atoms with E-state index in [-0.39, 0.29) is 0 Å². The van der Waals surface area contributed by atoms with Crippen molar-refractivity contribution in [2.45, 2.75) is 32.2 Å². The average molecular weight is 212 g/mol. The molecule has 16 heavy (non-hydrogen) atoms. The molecule has 2 nitrogen and oxygen atoms in total. The van der Waals surface area contributed by atoms with E-state index >= 15 is 0 Å². The molecule has 0 saturated carbocycles. The monoisotopic (exact) mass is 212 g/mol. The number of fused-ring (bicyclic) bond motifs is 1. The summed E-state index contributed by atoms with van der Waals surface area (Å²) in [7, 11) is 0. The first-order valence-electron chi connectivity index (χ1n) is 5.98. The molecule has 2 aromatic rings. The Kier molecular flexibility index (Phi) is 2.49. The van der Waals surface area contributed by atoms with Gasteiger partial charge >= 0.3 is 0 Å². The summed E-state index contributed by atoms with van der Waals surface area (Å²) in [6, 6.07) is 6.93. The van der Waals surface area contributed by atoms with Crippen LogP contribution in [0.5, 0.6) is 0 Å². The zero-order valence-electron chi connectivity index (χ0n) is 9.39. The first kappa shape index (κ1) is 9.64. The Morgan fingerprint density at radius 1 is 1.12 bits per heavy atom. The van der Waals surface area contributed by atoms with Crippen molar-refractivity contribution in [3.8, 4) is 0 Å². The van der Waals surface area contributed by atoms with Crippen LogP contribution < -0.4 is 0 Å². The number of hydrogen-bond acceptors (Lipinski definition) is 1. The summed E-state index contributed by atoms with van der Waals surface area (Å²) in [5.41, 5.74) is 4.50. The van der Waals surface area contributed by atoms with Crippen LogP contribution in [0.1, 0.15) is 29.5 Å². The molecule has 0 amide bonds. The minimum absolute atomic E-state index is 0.938. The Bertz CT molecular complexity index is 471. The molecule has 1 heterocycles. The second-order valence-corrected chi connectivity index (χ2v) is 4.55. The summed E-state index contributed by atoms with van der Waals surface area (Å²) in [5.74, 6) is 0. The fourth-order valence-electron chi connectivity index (χ4n) is 2.48. The smallest absolute Gasteiger partial charge is 0.0949 e. The van der Waals surface area contributed by atoms with Gasteiger partial charge in [-0.2, -0.15) is 0 Å². The third kappa shape index (κ3) is 1.87. The summed E-state index contributed by atoms with van der Waals surface area (Å²) >= 11 is 0. The molecule has 0 aliphatic heterocycles. The minimum Gasteiger partial charge on any atom is -0.333 e. The first-order chi connectivity index (χ1) is 7.92. The molecular formula is C14H16N2. The van der Waals surface area contributed by atoms with Crippen LogP contribution in [0.4, 0.5) is 0 Å². The Morgan fingerprint density at radius 2 is 2.00 bits per heavy atom. The zero-order valence-corrected chi connectivity index (χ0v) is 9.39. The maximum atomic E-state index is 4.07. The molecule has 0 radical (unpaired) electrons. The van der Waals surface area contributed by atoms with Gasteiger partial charge in [0.1, 0.15) is 0 Å². The van der Waals surface area contributed by atoms with Crippen molar-refractivity contribution < 1.29 is 0 Å². The summed E-state index contributed by atoms with van der Waals surface area (Å²) in [6.45, 7) is 0.938. The predicted octanol–water partition coefficient (Wildman–Crippen LogP) is 2.81. The standard InChI is InChI=1S/C14H16N2/c1-2-4-14-9-12(5-6-13(14)3-1)10-16-8-7-15-11-16/h5-9,11H,1-4,10H2. The average Bonchev–Trinajstić information content (AvgIpc) is 2.82. The normalized spacial score (nSPS) is 14.8. The van der Waals surface area contributed by atoms with E-state index in [4.69, 9.17) is 0 Å². The van der Waals surface area contributed by atoms with Gasteiger partial charge in [0.05, 0.1) is 6.33 Å². The predicted molar refractivity (Wildman–Crippen MR) is 64.4 cm³/mol. The number of imidazole rings is 1. The number of aryl methyl sites for hydroxylation is 2. The van der Waals surface area contributed by atoms with Gasteiger partial charge in [-0.1, -0.05) is 18.2 Å². The topological polar surface area (TPSA) is 17.8 Å². The molecule has 3 rings (SSSR count). The van der Waals surface area contributed by atoms with E-state index in [2.05, 4.69) is 27.8 Å². The van der Waals surface area contributed by atoms with Gasteiger partial charge in [0.15, 0.2) is 0 Å². The second kappa shape index (κ2) is 4.12. The SMILES string of the molecule is c1cn(Cc2ccc3c(c2)CCCC3)cn1. The molecule has 1 aliphatic carbocycles. The van der Waals surface area contributed by atoms with Crippen LogP contribution in [0.3, 0.4) is 0 Å². The van der Waals surface area contributed by atoms with E-state index < -0.39 is 0 Å². The lowest BCUT2D eigenvalue weighted by Crippen LogP contribution is -2.04. The van der Waals surface area contributed by atoms with Crippen LogP contribution in [0.2, 0.25) is 0 Å². The molecule has 1 aromatic heterocycles. The van der Waals surface area contributed by atoms with E-state index in [1.807, 2.05) is 18.7 Å². The molecule has 0 fully saturated rings. The van der Waals surface area contributed by atoms with Crippen LogP contribution >= 0.6 is 0 Å². The van der Waals surface area contributed by atoms with Gasteiger partial charge in [0, 0.05) is 18.9 Å². The third-order valence-electron chi connectivity index (χ3n) is 3.34. The van der Waals surface area contributed by atoms with Crippen molar-refractivity contribution in [1.29, 1.82) is 0 Å². The minimum atomic E-state index is 0.938.